The van der Waals surface area contributed by atoms with E-state index in [1.54, 1.807) is 0 Å². The third-order valence-corrected chi connectivity index (χ3v) is 6.10. The van der Waals surface area contributed by atoms with Crippen LogP contribution in [0.1, 0.15) is 25.0 Å². The molecule has 0 bridgehead atoms. The number of hydrogen-bond donors (Lipinski definition) is 0. The number of esters is 1. The minimum Gasteiger partial charge on any atom is -0.461 e. The fraction of sp³-hybridized carbons (Fsp3) is 0.192. The average molecular weight is 401 g/mol. The summed E-state index contributed by atoms with van der Waals surface area (Å²) in [6.45, 7) is 3.93. The number of rotatable bonds is 6. The van der Waals surface area contributed by atoms with Crippen molar-refractivity contribution in [3.05, 3.63) is 83.9 Å². The Balaban J connectivity index is 2.05. The lowest BCUT2D eigenvalue weighted by Gasteiger charge is -2.19. The summed E-state index contributed by atoms with van der Waals surface area (Å²) in [5, 5.41) is 4.84. The molecule has 4 aromatic carbocycles. The lowest BCUT2D eigenvalue weighted by atomic mass is 9.87. The van der Waals surface area contributed by atoms with Crippen LogP contribution in [0.2, 0.25) is 0 Å². The van der Waals surface area contributed by atoms with Crippen molar-refractivity contribution in [1.29, 1.82) is 0 Å². The zero-order chi connectivity index (χ0) is 20.2. The summed E-state index contributed by atoms with van der Waals surface area (Å²) in [6.07, 6.45) is 0. The van der Waals surface area contributed by atoms with Crippen LogP contribution in [0.25, 0.3) is 32.7 Å². The third-order valence-electron chi connectivity index (χ3n) is 5.17. The molecule has 0 atom stereocenters. The number of carbonyl (C=O) groups excluding carboxylic acids is 1. The molecule has 0 aliphatic rings. The maximum absolute atomic E-state index is 11.5. The first-order valence-electron chi connectivity index (χ1n) is 9.91. The normalized spacial score (nSPS) is 11.1. The molecule has 0 spiro atoms. The Labute approximate surface area is 175 Å². The Morgan fingerprint density at radius 1 is 0.793 bits per heavy atom. The van der Waals surface area contributed by atoms with E-state index in [4.69, 9.17) is 4.74 Å². The Kier molecular flexibility index (Phi) is 5.86. The molecule has 0 N–H and O–H groups in total. The third kappa shape index (κ3) is 4.01. The zero-order valence-corrected chi connectivity index (χ0v) is 17.6. The number of fused-ring (bicyclic) bond motifs is 2. The quantitative estimate of drug-likeness (QED) is 0.327. The Morgan fingerprint density at radius 3 is 1.93 bits per heavy atom. The van der Waals surface area contributed by atoms with Gasteiger partial charge >= 0.3 is 5.97 Å². The topological polar surface area (TPSA) is 26.3 Å². The fourth-order valence-electron chi connectivity index (χ4n) is 3.86. The lowest BCUT2D eigenvalue weighted by molar-refractivity contribution is -0.142. The molecule has 0 saturated heterocycles. The van der Waals surface area contributed by atoms with E-state index >= 15 is 0 Å². The van der Waals surface area contributed by atoms with Crippen LogP contribution in [-0.2, 0) is 21.9 Å². The smallest absolute Gasteiger partial charge is 0.302 e. The number of ether oxygens (including phenoxy) is 1. The van der Waals surface area contributed by atoms with E-state index in [-0.39, 0.29) is 12.6 Å². The van der Waals surface area contributed by atoms with Crippen molar-refractivity contribution in [2.75, 3.05) is 5.75 Å². The molecule has 146 valence electrons. The summed E-state index contributed by atoms with van der Waals surface area (Å²) in [5.41, 5.74) is 4.78. The molecule has 0 aliphatic carbocycles. The number of thioether (sulfide) groups is 1. The molecule has 0 aliphatic heterocycles. The largest absolute Gasteiger partial charge is 0.461 e. The minimum absolute atomic E-state index is 0.260. The average Bonchev–Trinajstić information content (AvgIpc) is 2.75. The summed E-state index contributed by atoms with van der Waals surface area (Å²) in [5.74, 6) is 1.76. The molecule has 0 heterocycles. The first-order chi connectivity index (χ1) is 14.2. The van der Waals surface area contributed by atoms with Gasteiger partial charge in [0, 0.05) is 12.7 Å². The molecule has 2 nitrogen and oxygen atoms in total. The molecular formula is C26H24O2S. The molecule has 4 rings (SSSR count). The maximum atomic E-state index is 11.5. The van der Waals surface area contributed by atoms with Gasteiger partial charge in [0.1, 0.15) is 6.61 Å². The van der Waals surface area contributed by atoms with Crippen molar-refractivity contribution in [3.8, 4) is 11.1 Å². The molecule has 4 aromatic rings. The van der Waals surface area contributed by atoms with Gasteiger partial charge in [-0.2, -0.15) is 11.8 Å². The predicted octanol–water partition coefficient (Wildman–Crippen LogP) is 6.98. The second kappa shape index (κ2) is 8.71. The molecule has 0 amide bonds. The number of hydrogen-bond acceptors (Lipinski definition) is 3. The van der Waals surface area contributed by atoms with E-state index in [1.165, 1.54) is 45.2 Å². The van der Waals surface area contributed by atoms with Gasteiger partial charge in [0.05, 0.1) is 0 Å². The highest BCUT2D eigenvalue weighted by Gasteiger charge is 2.17. The van der Waals surface area contributed by atoms with E-state index in [0.717, 1.165) is 17.1 Å². The van der Waals surface area contributed by atoms with Crippen LogP contribution in [0.4, 0.5) is 0 Å². The van der Waals surface area contributed by atoms with Gasteiger partial charge in [-0.25, -0.2) is 0 Å². The van der Waals surface area contributed by atoms with Crippen LogP contribution in [0.15, 0.2) is 72.8 Å². The minimum atomic E-state index is -0.260. The van der Waals surface area contributed by atoms with Crippen LogP contribution in [0.3, 0.4) is 0 Å². The SMILES string of the molecule is CCSCc1ccc2ccccc2c1-c1c(COC(C)=O)ccc2ccccc12. The van der Waals surface area contributed by atoms with Gasteiger partial charge in [0.15, 0.2) is 0 Å². The monoisotopic (exact) mass is 400 g/mol. The molecule has 0 saturated carbocycles. The van der Waals surface area contributed by atoms with E-state index in [9.17, 15) is 4.79 Å². The standard InChI is InChI=1S/C26H24O2S/c1-3-29-17-22-15-13-20-9-5-7-11-24(20)26(22)25-21(16-28-18(2)27)14-12-19-8-4-6-10-23(19)25/h4-15H,3,16-17H2,1-2H3. The molecule has 0 aromatic heterocycles. The van der Waals surface area contributed by atoms with Crippen molar-refractivity contribution in [1.82, 2.24) is 0 Å². The van der Waals surface area contributed by atoms with Crippen LogP contribution in [0, 0.1) is 0 Å². The van der Waals surface area contributed by atoms with Gasteiger partial charge in [-0.15, -0.1) is 0 Å². The van der Waals surface area contributed by atoms with Crippen LogP contribution in [0.5, 0.6) is 0 Å². The maximum Gasteiger partial charge on any atom is 0.302 e. The highest BCUT2D eigenvalue weighted by Crippen LogP contribution is 2.40. The molecular weight excluding hydrogens is 376 g/mol. The van der Waals surface area contributed by atoms with Crippen molar-refractivity contribution in [2.45, 2.75) is 26.2 Å². The lowest BCUT2D eigenvalue weighted by Crippen LogP contribution is -2.02. The van der Waals surface area contributed by atoms with Crippen LogP contribution >= 0.6 is 11.8 Å². The zero-order valence-electron chi connectivity index (χ0n) is 16.8. The predicted molar refractivity (Wildman–Crippen MR) is 124 cm³/mol. The summed E-state index contributed by atoms with van der Waals surface area (Å²) in [7, 11) is 0. The summed E-state index contributed by atoms with van der Waals surface area (Å²) in [4.78, 5) is 11.5. The molecule has 0 fully saturated rings. The van der Waals surface area contributed by atoms with Gasteiger partial charge in [-0.05, 0) is 49.6 Å². The van der Waals surface area contributed by atoms with E-state index < -0.39 is 0 Å². The Hall–Kier alpha value is -2.78. The van der Waals surface area contributed by atoms with Gasteiger partial charge in [-0.1, -0.05) is 79.7 Å². The summed E-state index contributed by atoms with van der Waals surface area (Å²) >= 11 is 1.92. The van der Waals surface area contributed by atoms with Gasteiger partial charge in [0.2, 0.25) is 0 Å². The highest BCUT2D eigenvalue weighted by molar-refractivity contribution is 7.98. The van der Waals surface area contributed by atoms with E-state index in [1.807, 2.05) is 11.8 Å². The summed E-state index contributed by atoms with van der Waals surface area (Å²) in [6, 6.07) is 25.6. The summed E-state index contributed by atoms with van der Waals surface area (Å²) < 4.78 is 5.43. The molecule has 3 heteroatoms. The van der Waals surface area contributed by atoms with E-state index in [2.05, 4.69) is 79.7 Å². The van der Waals surface area contributed by atoms with Crippen molar-refractivity contribution in [3.63, 3.8) is 0 Å². The van der Waals surface area contributed by atoms with E-state index in [0.29, 0.717) is 0 Å². The first-order valence-corrected chi connectivity index (χ1v) is 11.1. The van der Waals surface area contributed by atoms with Crippen molar-refractivity contribution < 1.29 is 9.53 Å². The second-order valence-electron chi connectivity index (χ2n) is 7.06. The highest BCUT2D eigenvalue weighted by atomic mass is 32.2. The Morgan fingerprint density at radius 2 is 1.34 bits per heavy atom. The molecule has 0 unspecified atom stereocenters. The van der Waals surface area contributed by atoms with Gasteiger partial charge in [0.25, 0.3) is 0 Å². The second-order valence-corrected chi connectivity index (χ2v) is 8.33. The number of carbonyl (C=O) groups is 1. The Bertz CT molecular complexity index is 1180. The van der Waals surface area contributed by atoms with Crippen molar-refractivity contribution in [2.24, 2.45) is 0 Å². The van der Waals surface area contributed by atoms with Gasteiger partial charge in [-0.3, -0.25) is 4.79 Å². The molecule has 29 heavy (non-hydrogen) atoms. The van der Waals surface area contributed by atoms with Crippen molar-refractivity contribution >= 4 is 39.3 Å². The first kappa shape index (κ1) is 19.5. The fourth-order valence-corrected chi connectivity index (χ4v) is 4.52. The molecule has 0 radical (unpaired) electrons. The van der Waals surface area contributed by atoms with Crippen LogP contribution in [-0.4, -0.2) is 11.7 Å². The van der Waals surface area contributed by atoms with Crippen LogP contribution < -0.4 is 0 Å². The van der Waals surface area contributed by atoms with Gasteiger partial charge < -0.3 is 4.74 Å². The number of benzene rings is 4.